The Balaban J connectivity index is 1.66. The van der Waals surface area contributed by atoms with Crippen molar-refractivity contribution in [3.8, 4) is 0 Å². The number of hydrogen-bond donors (Lipinski definition) is 1. The highest BCUT2D eigenvalue weighted by Gasteiger charge is 2.25. The Kier molecular flexibility index (Phi) is 5.33. The average molecular weight is 329 g/mol. The number of benzene rings is 1. The van der Waals surface area contributed by atoms with Crippen LogP contribution >= 0.6 is 0 Å². The zero-order valence-corrected chi connectivity index (χ0v) is 14.1. The van der Waals surface area contributed by atoms with E-state index < -0.39 is 0 Å². The molecule has 1 amide bonds. The minimum Gasteiger partial charge on any atom is -0.464 e. The molecule has 1 aromatic heterocycles. The molecule has 1 aliphatic heterocycles. The highest BCUT2D eigenvalue weighted by molar-refractivity contribution is 5.77. The fourth-order valence-corrected chi connectivity index (χ4v) is 3.07. The number of aryl methyl sites for hydroxylation is 1. The number of hydrogen-bond acceptors (Lipinski definition) is 4. The molecule has 24 heavy (non-hydrogen) atoms. The summed E-state index contributed by atoms with van der Waals surface area (Å²) < 4.78 is 16.6. The molecule has 0 unspecified atom stereocenters. The van der Waals surface area contributed by atoms with Gasteiger partial charge in [-0.1, -0.05) is 24.3 Å². The van der Waals surface area contributed by atoms with Crippen LogP contribution in [-0.2, 0) is 20.7 Å². The molecule has 1 N–H and O–H groups in total. The summed E-state index contributed by atoms with van der Waals surface area (Å²) in [6, 6.07) is 11.6. The summed E-state index contributed by atoms with van der Waals surface area (Å²) in [5, 5.41) is 2.99. The van der Waals surface area contributed by atoms with Crippen molar-refractivity contribution in [1.82, 2.24) is 5.32 Å². The lowest BCUT2D eigenvalue weighted by Gasteiger charge is -2.26. The van der Waals surface area contributed by atoms with Crippen molar-refractivity contribution in [2.24, 2.45) is 0 Å². The van der Waals surface area contributed by atoms with E-state index in [4.69, 9.17) is 13.9 Å². The quantitative estimate of drug-likeness (QED) is 0.885. The van der Waals surface area contributed by atoms with Crippen LogP contribution in [-0.4, -0.2) is 26.2 Å². The Labute approximate surface area is 141 Å². The molecular formula is C19H23NO4. The third-order valence-corrected chi connectivity index (χ3v) is 4.24. The van der Waals surface area contributed by atoms with Crippen molar-refractivity contribution in [3.63, 3.8) is 0 Å². The van der Waals surface area contributed by atoms with Gasteiger partial charge in [-0.15, -0.1) is 0 Å². The standard InChI is InChI=1S/C19H23NO4/c1-13-7-8-17(24-13)16(12-22-2)20-19(21)11-18-15-6-4-3-5-14(15)9-10-23-18/h3-8,16,18H,9-12H2,1-2H3,(H,20,21)/t16-,18-/m1/s1. The number of fused-ring (bicyclic) bond motifs is 1. The van der Waals surface area contributed by atoms with Gasteiger partial charge < -0.3 is 19.2 Å². The predicted molar refractivity (Wildman–Crippen MR) is 89.7 cm³/mol. The summed E-state index contributed by atoms with van der Waals surface area (Å²) in [5.41, 5.74) is 2.37. The lowest BCUT2D eigenvalue weighted by Crippen LogP contribution is -2.33. The van der Waals surface area contributed by atoms with Gasteiger partial charge in [-0.3, -0.25) is 4.79 Å². The van der Waals surface area contributed by atoms with E-state index in [-0.39, 0.29) is 24.5 Å². The van der Waals surface area contributed by atoms with Crippen LogP contribution in [0.1, 0.15) is 41.2 Å². The summed E-state index contributed by atoms with van der Waals surface area (Å²) in [5.74, 6) is 1.44. The molecule has 2 atom stereocenters. The van der Waals surface area contributed by atoms with Gasteiger partial charge in [-0.2, -0.15) is 0 Å². The maximum absolute atomic E-state index is 12.5. The first-order chi connectivity index (χ1) is 11.7. The Morgan fingerprint density at radius 3 is 2.92 bits per heavy atom. The predicted octanol–water partition coefficient (Wildman–Crippen LogP) is 3.10. The Bertz CT molecular complexity index is 694. The summed E-state index contributed by atoms with van der Waals surface area (Å²) in [4.78, 5) is 12.5. The number of ether oxygens (including phenoxy) is 2. The molecule has 1 aromatic carbocycles. The highest BCUT2D eigenvalue weighted by Crippen LogP contribution is 2.29. The number of amides is 1. The lowest BCUT2D eigenvalue weighted by atomic mass is 9.95. The van der Waals surface area contributed by atoms with E-state index in [9.17, 15) is 4.79 Å². The zero-order chi connectivity index (χ0) is 16.9. The molecule has 0 aliphatic carbocycles. The molecule has 0 radical (unpaired) electrons. The molecule has 5 nitrogen and oxygen atoms in total. The van der Waals surface area contributed by atoms with Gasteiger partial charge in [0.05, 0.1) is 25.7 Å². The van der Waals surface area contributed by atoms with Gasteiger partial charge >= 0.3 is 0 Å². The maximum atomic E-state index is 12.5. The number of furan rings is 1. The van der Waals surface area contributed by atoms with E-state index in [1.165, 1.54) is 5.56 Å². The van der Waals surface area contributed by atoms with E-state index >= 15 is 0 Å². The van der Waals surface area contributed by atoms with Gasteiger partial charge in [-0.05, 0) is 36.6 Å². The summed E-state index contributed by atoms with van der Waals surface area (Å²) >= 11 is 0. The minimum atomic E-state index is -0.296. The lowest BCUT2D eigenvalue weighted by molar-refractivity contribution is -0.125. The highest BCUT2D eigenvalue weighted by atomic mass is 16.5. The number of carbonyl (C=O) groups excluding carboxylic acids is 1. The third kappa shape index (κ3) is 3.86. The van der Waals surface area contributed by atoms with Gasteiger partial charge in [-0.25, -0.2) is 0 Å². The average Bonchev–Trinajstić information content (AvgIpc) is 3.01. The van der Waals surface area contributed by atoms with Gasteiger partial charge in [0.15, 0.2) is 0 Å². The molecule has 0 bridgehead atoms. The van der Waals surface area contributed by atoms with Crippen LogP contribution in [0, 0.1) is 6.92 Å². The normalized spacial score (nSPS) is 18.0. The molecule has 5 heteroatoms. The molecule has 3 rings (SSSR count). The summed E-state index contributed by atoms with van der Waals surface area (Å²) in [6.07, 6.45) is 0.986. The van der Waals surface area contributed by atoms with Crippen LogP contribution in [0.25, 0.3) is 0 Å². The first kappa shape index (κ1) is 16.7. The fraction of sp³-hybridized carbons (Fsp3) is 0.421. The largest absolute Gasteiger partial charge is 0.464 e. The number of methoxy groups -OCH3 is 1. The van der Waals surface area contributed by atoms with Crippen molar-refractivity contribution in [2.45, 2.75) is 31.9 Å². The Morgan fingerprint density at radius 1 is 1.33 bits per heavy atom. The van der Waals surface area contributed by atoms with Crippen LogP contribution in [0.3, 0.4) is 0 Å². The van der Waals surface area contributed by atoms with Crippen LogP contribution in [0.4, 0.5) is 0 Å². The zero-order valence-electron chi connectivity index (χ0n) is 14.1. The van der Waals surface area contributed by atoms with E-state index in [1.54, 1.807) is 7.11 Å². The minimum absolute atomic E-state index is 0.0761. The molecule has 2 heterocycles. The van der Waals surface area contributed by atoms with Gasteiger partial charge in [0.1, 0.15) is 17.6 Å². The van der Waals surface area contributed by atoms with Crippen molar-refractivity contribution >= 4 is 5.91 Å². The molecular weight excluding hydrogens is 306 g/mol. The number of carbonyl (C=O) groups is 1. The van der Waals surface area contributed by atoms with Crippen LogP contribution < -0.4 is 5.32 Å². The second-order valence-corrected chi connectivity index (χ2v) is 6.04. The van der Waals surface area contributed by atoms with Crippen molar-refractivity contribution in [3.05, 3.63) is 59.0 Å². The molecule has 128 valence electrons. The Morgan fingerprint density at radius 2 is 2.17 bits per heavy atom. The van der Waals surface area contributed by atoms with E-state index in [0.29, 0.717) is 19.0 Å². The van der Waals surface area contributed by atoms with Gasteiger partial charge in [0, 0.05) is 7.11 Å². The monoisotopic (exact) mass is 329 g/mol. The van der Waals surface area contributed by atoms with Crippen molar-refractivity contribution < 1.29 is 18.7 Å². The van der Waals surface area contributed by atoms with Gasteiger partial charge in [0.2, 0.25) is 5.91 Å². The van der Waals surface area contributed by atoms with Crippen LogP contribution in [0.5, 0.6) is 0 Å². The number of rotatable bonds is 6. The van der Waals surface area contributed by atoms with Crippen molar-refractivity contribution in [2.75, 3.05) is 20.3 Å². The topological polar surface area (TPSA) is 60.7 Å². The molecule has 0 saturated heterocycles. The SMILES string of the molecule is COC[C@@H](NC(=O)C[C@H]1OCCc2ccccc21)c1ccc(C)o1. The second kappa shape index (κ2) is 7.64. The van der Waals surface area contributed by atoms with E-state index in [2.05, 4.69) is 11.4 Å². The van der Waals surface area contributed by atoms with Gasteiger partial charge in [0.25, 0.3) is 0 Å². The first-order valence-corrected chi connectivity index (χ1v) is 8.21. The fourth-order valence-electron chi connectivity index (χ4n) is 3.07. The Hall–Kier alpha value is -2.11. The first-order valence-electron chi connectivity index (χ1n) is 8.21. The third-order valence-electron chi connectivity index (χ3n) is 4.24. The smallest absolute Gasteiger partial charge is 0.223 e. The molecule has 0 saturated carbocycles. The van der Waals surface area contributed by atoms with E-state index in [0.717, 1.165) is 17.7 Å². The molecule has 0 spiro atoms. The maximum Gasteiger partial charge on any atom is 0.223 e. The van der Waals surface area contributed by atoms with Crippen LogP contribution in [0.2, 0.25) is 0 Å². The van der Waals surface area contributed by atoms with E-state index in [1.807, 2.05) is 37.3 Å². The van der Waals surface area contributed by atoms with Crippen molar-refractivity contribution in [1.29, 1.82) is 0 Å². The molecule has 2 aromatic rings. The number of nitrogens with one attached hydrogen (secondary N) is 1. The molecule has 1 aliphatic rings. The summed E-state index contributed by atoms with van der Waals surface area (Å²) in [6.45, 7) is 2.89. The second-order valence-electron chi connectivity index (χ2n) is 6.04. The summed E-state index contributed by atoms with van der Waals surface area (Å²) in [7, 11) is 1.61. The van der Waals surface area contributed by atoms with Crippen LogP contribution in [0.15, 0.2) is 40.8 Å². The molecule has 0 fully saturated rings.